The standard InChI is InChI=1S/C17H24N6O/c1-14-11-21-23(12-14)10-8-20-17(18-2)22-9-6-15(13-22)24-16-5-3-4-7-19-16/h3-5,7,11-12,15H,6,8-10,13H2,1-2H3,(H,18,20). The van der Waals surface area contributed by atoms with Gasteiger partial charge >= 0.3 is 0 Å². The van der Waals surface area contributed by atoms with Gasteiger partial charge in [0.1, 0.15) is 6.10 Å². The van der Waals surface area contributed by atoms with Crippen LogP contribution in [0.1, 0.15) is 12.0 Å². The lowest BCUT2D eigenvalue weighted by Gasteiger charge is -2.21. The van der Waals surface area contributed by atoms with Crippen molar-refractivity contribution in [1.82, 2.24) is 25.0 Å². The third-order valence-corrected chi connectivity index (χ3v) is 3.97. The fourth-order valence-corrected chi connectivity index (χ4v) is 2.81. The van der Waals surface area contributed by atoms with Crippen LogP contribution in [0.5, 0.6) is 5.88 Å². The first-order valence-corrected chi connectivity index (χ1v) is 8.27. The van der Waals surface area contributed by atoms with Crippen molar-refractivity contribution in [3.63, 3.8) is 0 Å². The Bertz CT molecular complexity index is 669. The molecule has 1 saturated heterocycles. The number of aryl methyl sites for hydroxylation is 1. The molecule has 0 radical (unpaired) electrons. The van der Waals surface area contributed by atoms with Gasteiger partial charge in [0.15, 0.2) is 5.96 Å². The van der Waals surface area contributed by atoms with E-state index in [4.69, 9.17) is 4.74 Å². The van der Waals surface area contributed by atoms with Crippen LogP contribution in [0.15, 0.2) is 41.8 Å². The van der Waals surface area contributed by atoms with Crippen LogP contribution in [0.25, 0.3) is 0 Å². The van der Waals surface area contributed by atoms with Crippen LogP contribution < -0.4 is 10.1 Å². The molecular formula is C17H24N6O. The quantitative estimate of drug-likeness (QED) is 0.662. The number of pyridine rings is 1. The lowest BCUT2D eigenvalue weighted by Crippen LogP contribution is -2.42. The van der Waals surface area contributed by atoms with Crippen molar-refractivity contribution >= 4 is 5.96 Å². The fourth-order valence-electron chi connectivity index (χ4n) is 2.81. The average molecular weight is 328 g/mol. The molecule has 3 rings (SSSR count). The SMILES string of the molecule is CN=C(NCCn1cc(C)cn1)N1CCC(Oc2ccccn2)C1. The second-order valence-corrected chi connectivity index (χ2v) is 5.90. The Morgan fingerprint density at radius 1 is 1.46 bits per heavy atom. The molecule has 2 aromatic heterocycles. The molecule has 0 aliphatic carbocycles. The van der Waals surface area contributed by atoms with Crippen molar-refractivity contribution in [2.45, 2.75) is 26.0 Å². The summed E-state index contributed by atoms with van der Waals surface area (Å²) in [5.74, 6) is 1.59. The van der Waals surface area contributed by atoms with E-state index < -0.39 is 0 Å². The Morgan fingerprint density at radius 3 is 3.08 bits per heavy atom. The summed E-state index contributed by atoms with van der Waals surface area (Å²) in [6.45, 7) is 5.39. The zero-order valence-electron chi connectivity index (χ0n) is 14.2. The van der Waals surface area contributed by atoms with Gasteiger partial charge in [-0.25, -0.2) is 4.98 Å². The molecule has 1 N–H and O–H groups in total. The molecule has 1 aliphatic rings. The molecule has 1 fully saturated rings. The Hall–Kier alpha value is -2.57. The monoisotopic (exact) mass is 328 g/mol. The number of hydrogen-bond donors (Lipinski definition) is 1. The molecule has 2 aromatic rings. The van der Waals surface area contributed by atoms with Crippen LogP contribution in [-0.2, 0) is 6.54 Å². The largest absolute Gasteiger partial charge is 0.472 e. The van der Waals surface area contributed by atoms with E-state index in [9.17, 15) is 0 Å². The first-order chi connectivity index (χ1) is 11.7. The van der Waals surface area contributed by atoms with Crippen LogP contribution in [0.4, 0.5) is 0 Å². The fraction of sp³-hybridized carbons (Fsp3) is 0.471. The predicted octanol–water partition coefficient (Wildman–Crippen LogP) is 1.32. The van der Waals surface area contributed by atoms with E-state index in [2.05, 4.69) is 25.3 Å². The van der Waals surface area contributed by atoms with Crippen LogP contribution in [-0.4, -0.2) is 58.4 Å². The van der Waals surface area contributed by atoms with E-state index in [1.165, 1.54) is 5.56 Å². The molecule has 0 amide bonds. The van der Waals surface area contributed by atoms with Crippen LogP contribution in [0.3, 0.4) is 0 Å². The summed E-state index contributed by atoms with van der Waals surface area (Å²) in [7, 11) is 1.81. The molecule has 1 aliphatic heterocycles. The number of nitrogens with one attached hydrogen (secondary N) is 1. The smallest absolute Gasteiger partial charge is 0.213 e. The van der Waals surface area contributed by atoms with Crippen LogP contribution in [0, 0.1) is 6.92 Å². The molecule has 7 nitrogen and oxygen atoms in total. The second-order valence-electron chi connectivity index (χ2n) is 5.90. The summed E-state index contributed by atoms with van der Waals surface area (Å²) in [5.41, 5.74) is 1.17. The van der Waals surface area contributed by atoms with E-state index >= 15 is 0 Å². The summed E-state index contributed by atoms with van der Waals surface area (Å²) in [4.78, 5) is 10.8. The van der Waals surface area contributed by atoms with Crippen LogP contribution >= 0.6 is 0 Å². The number of nitrogens with zero attached hydrogens (tertiary/aromatic N) is 5. The topological polar surface area (TPSA) is 67.6 Å². The maximum atomic E-state index is 5.93. The molecule has 0 saturated carbocycles. The number of likely N-dealkylation sites (tertiary alicyclic amines) is 1. The summed E-state index contributed by atoms with van der Waals surface area (Å²) >= 11 is 0. The van der Waals surface area contributed by atoms with E-state index in [0.29, 0.717) is 5.88 Å². The highest BCUT2D eigenvalue weighted by Gasteiger charge is 2.26. The van der Waals surface area contributed by atoms with E-state index in [1.807, 2.05) is 49.2 Å². The number of aliphatic imine (C=N–C) groups is 1. The van der Waals surface area contributed by atoms with Crippen molar-refractivity contribution in [3.8, 4) is 5.88 Å². The Morgan fingerprint density at radius 2 is 2.38 bits per heavy atom. The first kappa shape index (κ1) is 16.3. The van der Waals surface area contributed by atoms with Gasteiger partial charge in [-0.05, 0) is 18.6 Å². The molecule has 1 atom stereocenters. The van der Waals surface area contributed by atoms with E-state index in [1.54, 1.807) is 6.20 Å². The van der Waals surface area contributed by atoms with Gasteiger partial charge in [-0.2, -0.15) is 5.10 Å². The summed E-state index contributed by atoms with van der Waals surface area (Å²) < 4.78 is 7.86. The minimum atomic E-state index is 0.146. The van der Waals surface area contributed by atoms with Gasteiger partial charge in [0.25, 0.3) is 0 Å². The van der Waals surface area contributed by atoms with Crippen molar-refractivity contribution in [1.29, 1.82) is 0 Å². The highest BCUT2D eigenvalue weighted by Crippen LogP contribution is 2.16. The highest BCUT2D eigenvalue weighted by molar-refractivity contribution is 5.80. The zero-order valence-corrected chi connectivity index (χ0v) is 14.2. The van der Waals surface area contributed by atoms with Crippen molar-refractivity contribution in [3.05, 3.63) is 42.4 Å². The number of guanidine groups is 1. The minimum Gasteiger partial charge on any atom is -0.472 e. The summed E-state index contributed by atoms with van der Waals surface area (Å²) in [6.07, 6.45) is 6.77. The number of hydrogen-bond acceptors (Lipinski definition) is 4. The highest BCUT2D eigenvalue weighted by atomic mass is 16.5. The maximum Gasteiger partial charge on any atom is 0.213 e. The number of ether oxygens (including phenoxy) is 1. The van der Waals surface area contributed by atoms with Crippen molar-refractivity contribution in [2.24, 2.45) is 4.99 Å². The Labute approximate surface area is 142 Å². The third kappa shape index (κ3) is 4.24. The molecule has 0 spiro atoms. The summed E-state index contributed by atoms with van der Waals surface area (Å²) in [6, 6.07) is 5.72. The molecule has 0 aromatic carbocycles. The number of rotatable bonds is 5. The predicted molar refractivity (Wildman–Crippen MR) is 93.2 cm³/mol. The number of aromatic nitrogens is 3. The maximum absolute atomic E-state index is 5.93. The molecule has 7 heteroatoms. The minimum absolute atomic E-state index is 0.146. The average Bonchev–Trinajstić information content (AvgIpc) is 3.22. The van der Waals surface area contributed by atoms with Crippen molar-refractivity contribution in [2.75, 3.05) is 26.7 Å². The zero-order chi connectivity index (χ0) is 16.8. The second kappa shape index (κ2) is 7.81. The third-order valence-electron chi connectivity index (χ3n) is 3.97. The molecule has 128 valence electrons. The molecule has 24 heavy (non-hydrogen) atoms. The lowest BCUT2D eigenvalue weighted by atomic mass is 10.3. The van der Waals surface area contributed by atoms with Gasteiger partial charge in [-0.1, -0.05) is 6.07 Å². The normalized spacial score (nSPS) is 18.0. The van der Waals surface area contributed by atoms with Crippen molar-refractivity contribution < 1.29 is 4.74 Å². The van der Waals surface area contributed by atoms with E-state index in [-0.39, 0.29) is 6.10 Å². The van der Waals surface area contributed by atoms with Gasteiger partial charge in [0.05, 0.1) is 19.3 Å². The summed E-state index contributed by atoms with van der Waals surface area (Å²) in [5, 5.41) is 7.69. The van der Waals surface area contributed by atoms with Gasteiger partial charge in [0, 0.05) is 45.0 Å². The van der Waals surface area contributed by atoms with Gasteiger partial charge in [-0.15, -0.1) is 0 Å². The van der Waals surface area contributed by atoms with E-state index in [0.717, 1.165) is 38.6 Å². The van der Waals surface area contributed by atoms with Crippen LogP contribution in [0.2, 0.25) is 0 Å². The Kier molecular flexibility index (Phi) is 5.30. The van der Waals surface area contributed by atoms with Gasteiger partial charge < -0.3 is 15.0 Å². The molecule has 1 unspecified atom stereocenters. The Balaban J connectivity index is 1.46. The first-order valence-electron chi connectivity index (χ1n) is 8.27. The molecule has 3 heterocycles. The molecule has 0 bridgehead atoms. The lowest BCUT2D eigenvalue weighted by molar-refractivity contribution is 0.205. The van der Waals surface area contributed by atoms with Gasteiger partial charge in [-0.3, -0.25) is 9.67 Å². The molecular weight excluding hydrogens is 304 g/mol. The van der Waals surface area contributed by atoms with Gasteiger partial charge in [0.2, 0.25) is 5.88 Å².